The summed E-state index contributed by atoms with van der Waals surface area (Å²) in [5.74, 6) is -1.69. The van der Waals surface area contributed by atoms with Crippen LogP contribution >= 0.6 is 0 Å². The molecule has 0 aromatic heterocycles. The van der Waals surface area contributed by atoms with Crippen LogP contribution < -0.4 is 9.47 Å². The number of hydrogen-bond acceptors (Lipinski definition) is 4. The van der Waals surface area contributed by atoms with Gasteiger partial charge in [0, 0.05) is 0 Å². The Balaban J connectivity index is 2.13. The van der Waals surface area contributed by atoms with Crippen LogP contribution in [0, 0.1) is 0 Å². The van der Waals surface area contributed by atoms with Gasteiger partial charge in [-0.2, -0.15) is 0 Å². The molecular formula is C18H18O6. The topological polar surface area (TPSA) is 93.1 Å². The monoisotopic (exact) mass is 330 g/mol. The molecule has 2 rings (SSSR count). The fourth-order valence-electron chi connectivity index (χ4n) is 2.08. The first-order valence-corrected chi connectivity index (χ1v) is 7.38. The molecule has 2 unspecified atom stereocenters. The van der Waals surface area contributed by atoms with Gasteiger partial charge in [-0.15, -0.1) is 0 Å². The summed E-state index contributed by atoms with van der Waals surface area (Å²) in [4.78, 5) is 22.4. The van der Waals surface area contributed by atoms with Crippen LogP contribution in [0.5, 0.6) is 11.5 Å². The molecule has 6 heteroatoms. The molecule has 0 bridgehead atoms. The molecule has 0 amide bonds. The minimum absolute atomic E-state index is 0.0579. The lowest BCUT2D eigenvalue weighted by molar-refractivity contribution is 0.0612. The molecule has 0 spiro atoms. The van der Waals surface area contributed by atoms with Crippen molar-refractivity contribution >= 4 is 11.9 Å². The van der Waals surface area contributed by atoms with E-state index >= 15 is 0 Å². The SMILES string of the molecule is CC(Oc1ccccc1C(=O)O)C(C)Oc1ccccc1C(=O)O. The largest absolute Gasteiger partial charge is 0.486 e. The normalized spacial score (nSPS) is 12.9. The van der Waals surface area contributed by atoms with Crippen molar-refractivity contribution in [2.24, 2.45) is 0 Å². The molecule has 2 aromatic carbocycles. The maximum absolute atomic E-state index is 11.2. The van der Waals surface area contributed by atoms with E-state index in [0.717, 1.165) is 0 Å². The number of carboxylic acids is 2. The van der Waals surface area contributed by atoms with E-state index in [-0.39, 0.29) is 22.6 Å². The fourth-order valence-corrected chi connectivity index (χ4v) is 2.08. The summed E-state index contributed by atoms with van der Waals surface area (Å²) in [5.41, 5.74) is 0.116. The van der Waals surface area contributed by atoms with Crippen molar-refractivity contribution in [2.45, 2.75) is 26.1 Å². The number of hydrogen-bond donors (Lipinski definition) is 2. The van der Waals surface area contributed by atoms with Gasteiger partial charge < -0.3 is 19.7 Å². The third-order valence-electron chi connectivity index (χ3n) is 3.52. The molecule has 0 aliphatic rings. The van der Waals surface area contributed by atoms with Crippen molar-refractivity contribution in [3.8, 4) is 11.5 Å². The first-order chi connectivity index (χ1) is 11.4. The van der Waals surface area contributed by atoms with Gasteiger partial charge in [-0.1, -0.05) is 24.3 Å². The van der Waals surface area contributed by atoms with Crippen molar-refractivity contribution in [3.63, 3.8) is 0 Å². The van der Waals surface area contributed by atoms with Crippen LogP contribution in [-0.2, 0) is 0 Å². The molecule has 0 fully saturated rings. The quantitative estimate of drug-likeness (QED) is 0.809. The highest BCUT2D eigenvalue weighted by molar-refractivity contribution is 5.91. The molecule has 0 saturated heterocycles. The fraction of sp³-hybridized carbons (Fsp3) is 0.222. The number of carbonyl (C=O) groups is 2. The Labute approximate surface area is 139 Å². The number of para-hydroxylation sites is 2. The van der Waals surface area contributed by atoms with Crippen molar-refractivity contribution in [1.82, 2.24) is 0 Å². The van der Waals surface area contributed by atoms with E-state index in [4.69, 9.17) is 9.47 Å². The Kier molecular flexibility index (Phi) is 5.42. The number of ether oxygens (including phenoxy) is 2. The van der Waals surface area contributed by atoms with Crippen molar-refractivity contribution < 1.29 is 29.3 Å². The molecule has 0 aliphatic heterocycles. The van der Waals surface area contributed by atoms with Gasteiger partial charge in [0.15, 0.2) is 0 Å². The lowest BCUT2D eigenvalue weighted by Gasteiger charge is -2.24. The van der Waals surface area contributed by atoms with E-state index in [0.29, 0.717) is 0 Å². The summed E-state index contributed by atoms with van der Waals surface area (Å²) in [5, 5.41) is 18.3. The number of rotatable bonds is 7. The van der Waals surface area contributed by atoms with E-state index in [2.05, 4.69) is 0 Å². The molecule has 2 N–H and O–H groups in total. The van der Waals surface area contributed by atoms with E-state index in [1.807, 2.05) is 0 Å². The van der Waals surface area contributed by atoms with Crippen molar-refractivity contribution in [1.29, 1.82) is 0 Å². The average Bonchev–Trinajstić information content (AvgIpc) is 2.55. The Hall–Kier alpha value is -3.02. The van der Waals surface area contributed by atoms with Crippen LogP contribution in [0.4, 0.5) is 0 Å². The van der Waals surface area contributed by atoms with Gasteiger partial charge in [0.2, 0.25) is 0 Å². The molecule has 2 aromatic rings. The van der Waals surface area contributed by atoms with Gasteiger partial charge in [0.1, 0.15) is 34.8 Å². The Morgan fingerprint density at radius 1 is 0.750 bits per heavy atom. The van der Waals surface area contributed by atoms with Crippen molar-refractivity contribution in [3.05, 3.63) is 59.7 Å². The number of carboxylic acid groups (broad SMARTS) is 2. The summed E-state index contributed by atoms with van der Waals surface area (Å²) in [6.07, 6.45) is -0.986. The van der Waals surface area contributed by atoms with Gasteiger partial charge in [-0.05, 0) is 38.1 Å². The molecule has 0 radical (unpaired) electrons. The molecular weight excluding hydrogens is 312 g/mol. The lowest BCUT2D eigenvalue weighted by Crippen LogP contribution is -2.32. The zero-order valence-corrected chi connectivity index (χ0v) is 13.3. The predicted octanol–water partition coefficient (Wildman–Crippen LogP) is 3.32. The van der Waals surface area contributed by atoms with Crippen molar-refractivity contribution in [2.75, 3.05) is 0 Å². The number of benzene rings is 2. The molecule has 126 valence electrons. The zero-order valence-electron chi connectivity index (χ0n) is 13.3. The maximum atomic E-state index is 11.2. The zero-order chi connectivity index (χ0) is 17.7. The van der Waals surface area contributed by atoms with Crippen LogP contribution in [0.2, 0.25) is 0 Å². The summed E-state index contributed by atoms with van der Waals surface area (Å²) < 4.78 is 11.4. The van der Waals surface area contributed by atoms with E-state index in [9.17, 15) is 19.8 Å². The maximum Gasteiger partial charge on any atom is 0.339 e. The summed E-state index contributed by atoms with van der Waals surface area (Å²) in [6, 6.07) is 12.6. The summed E-state index contributed by atoms with van der Waals surface area (Å²) in [6.45, 7) is 3.46. The van der Waals surface area contributed by atoms with Crippen LogP contribution in [0.1, 0.15) is 34.6 Å². The smallest absolute Gasteiger partial charge is 0.339 e. The average molecular weight is 330 g/mol. The molecule has 0 aliphatic carbocycles. The second-order valence-electron chi connectivity index (χ2n) is 5.25. The second kappa shape index (κ2) is 7.50. The molecule has 0 heterocycles. The van der Waals surface area contributed by atoms with E-state index < -0.39 is 24.1 Å². The highest BCUT2D eigenvalue weighted by Crippen LogP contribution is 2.23. The van der Waals surface area contributed by atoms with Gasteiger partial charge in [0.25, 0.3) is 0 Å². The first kappa shape index (κ1) is 17.3. The molecule has 6 nitrogen and oxygen atoms in total. The summed E-state index contributed by atoms with van der Waals surface area (Å²) in [7, 11) is 0. The van der Waals surface area contributed by atoms with Gasteiger partial charge >= 0.3 is 11.9 Å². The Morgan fingerprint density at radius 3 is 1.42 bits per heavy atom. The molecule has 24 heavy (non-hydrogen) atoms. The lowest BCUT2D eigenvalue weighted by atomic mass is 10.2. The standard InChI is InChI=1S/C18H18O6/c1-11(23-15-9-5-3-7-13(15)17(19)20)12(2)24-16-10-6-4-8-14(16)18(21)22/h3-12H,1-2H3,(H,19,20)(H,21,22). The Morgan fingerprint density at radius 2 is 1.08 bits per heavy atom. The van der Waals surface area contributed by atoms with Gasteiger partial charge in [0.05, 0.1) is 0 Å². The second-order valence-corrected chi connectivity index (χ2v) is 5.25. The predicted molar refractivity (Wildman–Crippen MR) is 87.0 cm³/mol. The minimum atomic E-state index is -1.08. The van der Waals surface area contributed by atoms with Crippen LogP contribution in [0.15, 0.2) is 48.5 Å². The van der Waals surface area contributed by atoms with E-state index in [1.165, 1.54) is 12.1 Å². The first-order valence-electron chi connectivity index (χ1n) is 7.38. The highest BCUT2D eigenvalue weighted by Gasteiger charge is 2.21. The molecule has 2 atom stereocenters. The molecule has 0 saturated carbocycles. The summed E-state index contributed by atoms with van der Waals surface area (Å²) >= 11 is 0. The van der Waals surface area contributed by atoms with Crippen LogP contribution in [0.3, 0.4) is 0 Å². The third-order valence-corrected chi connectivity index (χ3v) is 3.52. The van der Waals surface area contributed by atoms with E-state index in [1.54, 1.807) is 50.2 Å². The number of aromatic carboxylic acids is 2. The van der Waals surface area contributed by atoms with Crippen LogP contribution in [0.25, 0.3) is 0 Å². The highest BCUT2D eigenvalue weighted by atomic mass is 16.5. The Bertz CT molecular complexity index is 676. The van der Waals surface area contributed by atoms with Gasteiger partial charge in [-0.25, -0.2) is 9.59 Å². The van der Waals surface area contributed by atoms with Crippen LogP contribution in [-0.4, -0.2) is 34.4 Å². The minimum Gasteiger partial charge on any atom is -0.486 e. The third kappa shape index (κ3) is 4.04. The van der Waals surface area contributed by atoms with Gasteiger partial charge in [-0.3, -0.25) is 0 Å².